The highest BCUT2D eigenvalue weighted by Crippen LogP contribution is 2.35. The number of hydrogen-bond acceptors (Lipinski definition) is 8. The van der Waals surface area contributed by atoms with Crippen LogP contribution in [0.25, 0.3) is 11.0 Å². The van der Waals surface area contributed by atoms with Crippen LogP contribution in [0.2, 0.25) is 0 Å². The van der Waals surface area contributed by atoms with Gasteiger partial charge in [-0.05, 0) is 79.8 Å². The number of nitrogens with one attached hydrogen (secondary N) is 3. The summed E-state index contributed by atoms with van der Waals surface area (Å²) in [6, 6.07) is 14.4. The van der Waals surface area contributed by atoms with Gasteiger partial charge in [0.15, 0.2) is 6.61 Å². The third-order valence-corrected chi connectivity index (χ3v) is 9.21. The molecule has 2 aromatic heterocycles. The molecule has 2 aromatic carbocycles. The molecular weight excluding hydrogens is 660 g/mol. The SMILES string of the molecule is CN(C)C(=O)c1cc2cnc(Nc3ccc(C(=O)NCCNC(=O)COc4ccc5c(c4)CCCN5C(=O)CCl)cc3)nc2n1C1CCCC1. The molecular formula is C36H41ClN8O5. The molecule has 1 fully saturated rings. The highest BCUT2D eigenvalue weighted by Gasteiger charge is 2.27. The Kier molecular flexibility index (Phi) is 10.8. The van der Waals surface area contributed by atoms with E-state index in [9.17, 15) is 19.2 Å². The van der Waals surface area contributed by atoms with Gasteiger partial charge in [-0.3, -0.25) is 19.2 Å². The molecule has 1 aliphatic carbocycles. The number of alkyl halides is 1. The molecule has 50 heavy (non-hydrogen) atoms. The maximum absolute atomic E-state index is 13.0. The molecule has 6 rings (SSSR count). The van der Waals surface area contributed by atoms with Crippen molar-refractivity contribution in [3.8, 4) is 5.75 Å². The first-order chi connectivity index (χ1) is 24.2. The third kappa shape index (κ3) is 7.83. The Morgan fingerprint density at radius 1 is 0.980 bits per heavy atom. The summed E-state index contributed by atoms with van der Waals surface area (Å²) in [5.74, 6) is 0.0746. The lowest BCUT2D eigenvalue weighted by molar-refractivity contribution is -0.123. The molecule has 0 unspecified atom stereocenters. The summed E-state index contributed by atoms with van der Waals surface area (Å²) in [5, 5.41) is 9.57. The number of carbonyl (C=O) groups excluding carboxylic acids is 4. The summed E-state index contributed by atoms with van der Waals surface area (Å²) in [4.78, 5) is 62.7. The minimum atomic E-state index is -0.317. The van der Waals surface area contributed by atoms with Crippen molar-refractivity contribution in [3.63, 3.8) is 0 Å². The monoisotopic (exact) mass is 700 g/mol. The van der Waals surface area contributed by atoms with Crippen molar-refractivity contribution < 1.29 is 23.9 Å². The van der Waals surface area contributed by atoms with Crippen LogP contribution in [0.4, 0.5) is 17.3 Å². The number of aryl methyl sites for hydroxylation is 1. The molecule has 4 amide bonds. The lowest BCUT2D eigenvalue weighted by Gasteiger charge is -2.29. The van der Waals surface area contributed by atoms with Crippen LogP contribution in [-0.2, 0) is 16.0 Å². The largest absolute Gasteiger partial charge is 0.484 e. The van der Waals surface area contributed by atoms with Crippen molar-refractivity contribution in [2.24, 2.45) is 0 Å². The van der Waals surface area contributed by atoms with Crippen molar-refractivity contribution in [1.82, 2.24) is 30.1 Å². The van der Waals surface area contributed by atoms with Crippen molar-refractivity contribution in [1.29, 1.82) is 0 Å². The maximum Gasteiger partial charge on any atom is 0.270 e. The van der Waals surface area contributed by atoms with Gasteiger partial charge in [0, 0.05) is 68.3 Å². The van der Waals surface area contributed by atoms with Crippen LogP contribution in [0.1, 0.15) is 64.6 Å². The molecule has 13 nitrogen and oxygen atoms in total. The van der Waals surface area contributed by atoms with Gasteiger partial charge in [0.2, 0.25) is 11.9 Å². The van der Waals surface area contributed by atoms with Crippen LogP contribution in [0.3, 0.4) is 0 Å². The summed E-state index contributed by atoms with van der Waals surface area (Å²) < 4.78 is 7.73. The fourth-order valence-electron chi connectivity index (χ4n) is 6.50. The van der Waals surface area contributed by atoms with Gasteiger partial charge in [0.1, 0.15) is 23.0 Å². The Morgan fingerprint density at radius 2 is 1.74 bits per heavy atom. The molecule has 14 heteroatoms. The average molecular weight is 701 g/mol. The van der Waals surface area contributed by atoms with Gasteiger partial charge in [-0.2, -0.15) is 4.98 Å². The van der Waals surface area contributed by atoms with Gasteiger partial charge >= 0.3 is 0 Å². The summed E-state index contributed by atoms with van der Waals surface area (Å²) in [6.07, 6.45) is 7.62. The summed E-state index contributed by atoms with van der Waals surface area (Å²) >= 11 is 5.75. The molecule has 0 radical (unpaired) electrons. The molecule has 3 N–H and O–H groups in total. The summed E-state index contributed by atoms with van der Waals surface area (Å²) in [5.41, 5.74) is 4.31. The van der Waals surface area contributed by atoms with Crippen molar-refractivity contribution in [3.05, 3.63) is 71.5 Å². The van der Waals surface area contributed by atoms with Crippen LogP contribution in [0.5, 0.6) is 5.75 Å². The van der Waals surface area contributed by atoms with Crippen LogP contribution >= 0.6 is 11.6 Å². The number of carbonyl (C=O) groups is 4. The van der Waals surface area contributed by atoms with Crippen LogP contribution in [0, 0.1) is 0 Å². The Labute approximate surface area is 295 Å². The standard InChI is InChI=1S/C36H41ClN8O5/c1-43(2)35(49)30-19-25-21-40-36(42-33(25)45(30)27-7-3-4-8-27)41-26-11-9-23(10-12-26)34(48)39-16-15-38-31(46)22-50-28-13-14-29-24(18-28)6-5-17-44(29)32(47)20-37/h9-14,18-19,21,27H,3-8,15-17,20,22H2,1-2H3,(H,38,46)(H,39,48)(H,40,41,42). The number of hydrogen-bond donors (Lipinski definition) is 3. The molecule has 0 bridgehead atoms. The van der Waals surface area contributed by atoms with Gasteiger partial charge < -0.3 is 35.1 Å². The van der Waals surface area contributed by atoms with Crippen molar-refractivity contribution >= 4 is 63.6 Å². The first-order valence-electron chi connectivity index (χ1n) is 16.9. The fraction of sp³-hybridized carbons (Fsp3) is 0.389. The second-order valence-electron chi connectivity index (χ2n) is 12.7. The number of nitrogens with zero attached hydrogens (tertiary/aromatic N) is 5. The minimum absolute atomic E-state index is 0.0624. The van der Waals surface area contributed by atoms with Crippen molar-refractivity contribution in [2.45, 2.75) is 44.6 Å². The van der Waals surface area contributed by atoms with Crippen LogP contribution < -0.4 is 25.6 Å². The quantitative estimate of drug-likeness (QED) is 0.145. The van der Waals surface area contributed by atoms with E-state index in [1.165, 1.54) is 0 Å². The van der Waals surface area contributed by atoms with Gasteiger partial charge in [-0.15, -0.1) is 11.6 Å². The Balaban J connectivity index is 0.975. The normalized spacial score (nSPS) is 14.3. The predicted molar refractivity (Wildman–Crippen MR) is 191 cm³/mol. The molecule has 262 valence electrons. The highest BCUT2D eigenvalue weighted by atomic mass is 35.5. The van der Waals surface area contributed by atoms with E-state index in [2.05, 4.69) is 25.5 Å². The number of fused-ring (bicyclic) bond motifs is 2. The van der Waals surface area contributed by atoms with E-state index in [1.54, 1.807) is 60.4 Å². The zero-order valence-electron chi connectivity index (χ0n) is 28.2. The second kappa shape index (κ2) is 15.6. The number of aromatic nitrogens is 3. The molecule has 4 aromatic rings. The molecule has 1 aliphatic heterocycles. The minimum Gasteiger partial charge on any atom is -0.484 e. The van der Waals surface area contributed by atoms with Crippen LogP contribution in [-0.4, -0.2) is 89.3 Å². The van der Waals surface area contributed by atoms with Crippen molar-refractivity contribution in [2.75, 3.05) is 56.4 Å². The van der Waals surface area contributed by atoms with E-state index in [0.29, 0.717) is 35.2 Å². The molecule has 1 saturated carbocycles. The predicted octanol–water partition coefficient (Wildman–Crippen LogP) is 4.43. The third-order valence-electron chi connectivity index (χ3n) is 8.98. The first-order valence-corrected chi connectivity index (χ1v) is 17.4. The summed E-state index contributed by atoms with van der Waals surface area (Å²) in [7, 11) is 3.50. The average Bonchev–Trinajstić information content (AvgIpc) is 3.79. The number of halogens is 1. The summed E-state index contributed by atoms with van der Waals surface area (Å²) in [6.45, 7) is 0.926. The van der Waals surface area contributed by atoms with E-state index >= 15 is 0 Å². The van der Waals surface area contributed by atoms with Gasteiger partial charge in [-0.25, -0.2) is 4.98 Å². The highest BCUT2D eigenvalue weighted by molar-refractivity contribution is 6.29. The molecule has 0 saturated heterocycles. The van der Waals surface area contributed by atoms with E-state index in [0.717, 1.165) is 60.8 Å². The van der Waals surface area contributed by atoms with Crippen LogP contribution in [0.15, 0.2) is 54.7 Å². The molecule has 0 spiro atoms. The first kappa shape index (κ1) is 34.7. The Bertz CT molecular complexity index is 1890. The second-order valence-corrected chi connectivity index (χ2v) is 12.9. The number of rotatable bonds is 12. The molecule has 0 atom stereocenters. The van der Waals surface area contributed by atoms with Gasteiger partial charge in [-0.1, -0.05) is 12.8 Å². The number of amides is 4. The zero-order chi connectivity index (χ0) is 35.2. The van der Waals surface area contributed by atoms with E-state index < -0.39 is 0 Å². The topological polar surface area (TPSA) is 151 Å². The molecule has 2 aliphatic rings. The Morgan fingerprint density at radius 3 is 2.48 bits per heavy atom. The van der Waals surface area contributed by atoms with Gasteiger partial charge in [0.25, 0.3) is 17.7 Å². The smallest absolute Gasteiger partial charge is 0.270 e. The van der Waals surface area contributed by atoms with E-state index in [-0.39, 0.29) is 55.2 Å². The lowest BCUT2D eigenvalue weighted by atomic mass is 10.0. The number of ether oxygens (including phenoxy) is 1. The maximum atomic E-state index is 13.0. The number of anilines is 3. The lowest BCUT2D eigenvalue weighted by Crippen LogP contribution is -2.37. The van der Waals surface area contributed by atoms with Gasteiger partial charge in [0.05, 0.1) is 0 Å². The fourth-order valence-corrected chi connectivity index (χ4v) is 6.65. The Hall–Kier alpha value is -5.17. The molecule has 3 heterocycles. The zero-order valence-corrected chi connectivity index (χ0v) is 29.0. The van der Waals surface area contributed by atoms with E-state index in [1.807, 2.05) is 18.2 Å². The van der Waals surface area contributed by atoms with E-state index in [4.69, 9.17) is 21.3 Å². The number of benzene rings is 2.